The number of aromatic nitrogens is 3. The monoisotopic (exact) mass is 556 g/mol. The first kappa shape index (κ1) is 25.9. The van der Waals surface area contributed by atoms with Crippen LogP contribution in [-0.2, 0) is 0 Å². The molecule has 1 aliphatic heterocycles. The molecule has 1 N–H and O–H groups in total. The summed E-state index contributed by atoms with van der Waals surface area (Å²) in [7, 11) is 0. The first-order valence-electron chi connectivity index (χ1n) is 12.4. The summed E-state index contributed by atoms with van der Waals surface area (Å²) in [5.74, 6) is 1.53. The van der Waals surface area contributed by atoms with E-state index in [1.54, 1.807) is 23.1 Å². The number of thiocarbonyl (C=S) groups is 1. The standard InChI is InChI=1S/C27H30Cl2N6OS/c1-26(2,3)22(23(34-17-30-16-31-34)36-21-11-9-18(28)10-12-21)32-24-27(13-4-5-14-27)35(25(37)33-24)20-8-6-7-19(29)15-20/h6-12,15-17,22-23H,4-5,13-14H2,1-3H3,(H,32,33,37)/t22-,23-/m1/s1. The fraction of sp³-hybridized carbons (Fsp3) is 0.407. The summed E-state index contributed by atoms with van der Waals surface area (Å²) in [6.45, 7) is 6.46. The van der Waals surface area contributed by atoms with Gasteiger partial charge in [-0.25, -0.2) is 9.67 Å². The van der Waals surface area contributed by atoms with Gasteiger partial charge in [0.1, 0.15) is 35.8 Å². The molecule has 2 aromatic carbocycles. The van der Waals surface area contributed by atoms with Crippen molar-refractivity contribution >= 4 is 52.1 Å². The highest BCUT2D eigenvalue weighted by molar-refractivity contribution is 7.80. The van der Waals surface area contributed by atoms with Crippen LogP contribution < -0.4 is 15.0 Å². The van der Waals surface area contributed by atoms with Crippen LogP contribution in [0.1, 0.15) is 52.7 Å². The second kappa shape index (κ2) is 10.2. The van der Waals surface area contributed by atoms with Crippen molar-refractivity contribution in [3.05, 3.63) is 71.2 Å². The van der Waals surface area contributed by atoms with E-state index in [-0.39, 0.29) is 17.0 Å². The Balaban J connectivity index is 1.59. The predicted octanol–water partition coefficient (Wildman–Crippen LogP) is 6.68. The molecule has 1 spiro atoms. The van der Waals surface area contributed by atoms with E-state index in [9.17, 15) is 0 Å². The van der Waals surface area contributed by atoms with Gasteiger partial charge in [-0.1, -0.05) is 62.9 Å². The number of anilines is 1. The van der Waals surface area contributed by atoms with E-state index in [0.29, 0.717) is 20.9 Å². The van der Waals surface area contributed by atoms with Crippen molar-refractivity contribution in [3.8, 4) is 5.75 Å². The molecule has 3 aromatic rings. The maximum atomic E-state index is 6.52. The highest BCUT2D eigenvalue weighted by Crippen LogP contribution is 2.44. The lowest BCUT2D eigenvalue weighted by molar-refractivity contribution is 0.0470. The van der Waals surface area contributed by atoms with E-state index in [0.717, 1.165) is 37.2 Å². The third-order valence-corrected chi connectivity index (χ3v) is 7.76. The molecule has 1 aliphatic carbocycles. The third-order valence-electron chi connectivity index (χ3n) is 6.99. The van der Waals surface area contributed by atoms with Crippen molar-refractivity contribution in [1.29, 1.82) is 0 Å². The molecule has 0 amide bonds. The minimum atomic E-state index is -0.551. The molecule has 0 radical (unpaired) electrons. The molecule has 2 atom stereocenters. The van der Waals surface area contributed by atoms with Gasteiger partial charge in [-0.3, -0.25) is 4.99 Å². The van der Waals surface area contributed by atoms with Gasteiger partial charge in [0, 0.05) is 15.7 Å². The van der Waals surface area contributed by atoms with Crippen molar-refractivity contribution in [2.75, 3.05) is 4.90 Å². The molecule has 0 unspecified atom stereocenters. The second-order valence-electron chi connectivity index (χ2n) is 10.6. The first-order valence-corrected chi connectivity index (χ1v) is 13.6. The lowest BCUT2D eigenvalue weighted by atomic mass is 9.85. The molecule has 5 rings (SSSR count). The lowest BCUT2D eigenvalue weighted by Crippen LogP contribution is -2.49. The van der Waals surface area contributed by atoms with Crippen LogP contribution in [0.2, 0.25) is 10.0 Å². The number of nitrogens with one attached hydrogen (secondary N) is 1. The highest BCUT2D eigenvalue weighted by atomic mass is 35.5. The molecule has 2 heterocycles. The van der Waals surface area contributed by atoms with Gasteiger partial charge < -0.3 is 15.0 Å². The zero-order valence-corrected chi connectivity index (χ0v) is 23.4. The van der Waals surface area contributed by atoms with Gasteiger partial charge in [0.15, 0.2) is 5.11 Å². The Morgan fingerprint density at radius 2 is 1.81 bits per heavy atom. The Bertz CT molecular complexity index is 1280. The van der Waals surface area contributed by atoms with E-state index in [2.05, 4.69) is 41.1 Å². The number of nitrogens with zero attached hydrogens (tertiary/aromatic N) is 5. The molecule has 7 nitrogen and oxygen atoms in total. The molecule has 2 fully saturated rings. The van der Waals surface area contributed by atoms with Gasteiger partial charge in [-0.15, -0.1) is 0 Å². The van der Waals surface area contributed by atoms with Crippen LogP contribution in [0.5, 0.6) is 5.75 Å². The van der Waals surface area contributed by atoms with Gasteiger partial charge >= 0.3 is 0 Å². The summed E-state index contributed by atoms with van der Waals surface area (Å²) in [5.41, 5.74) is 0.316. The van der Waals surface area contributed by atoms with E-state index < -0.39 is 6.23 Å². The van der Waals surface area contributed by atoms with Crippen LogP contribution in [0.3, 0.4) is 0 Å². The number of hydrogen-bond donors (Lipinski definition) is 1. The molecule has 2 aliphatic rings. The maximum absolute atomic E-state index is 6.52. The van der Waals surface area contributed by atoms with E-state index in [1.165, 1.54) is 6.33 Å². The van der Waals surface area contributed by atoms with Crippen molar-refractivity contribution in [2.24, 2.45) is 10.4 Å². The van der Waals surface area contributed by atoms with Gasteiger partial charge in [0.2, 0.25) is 6.23 Å². The summed E-state index contributed by atoms with van der Waals surface area (Å²) in [6.07, 6.45) is 6.68. The minimum absolute atomic E-state index is 0.289. The number of aliphatic imine (C=N–C) groups is 1. The van der Waals surface area contributed by atoms with Gasteiger partial charge in [0.25, 0.3) is 0 Å². The molecule has 1 aromatic heterocycles. The fourth-order valence-corrected chi connectivity index (χ4v) is 5.90. The van der Waals surface area contributed by atoms with Crippen molar-refractivity contribution in [2.45, 2.75) is 64.3 Å². The number of halogens is 2. The molecular formula is C27H30Cl2N6OS. The van der Waals surface area contributed by atoms with Crippen LogP contribution in [0.4, 0.5) is 5.69 Å². The molecule has 0 bridgehead atoms. The molecule has 10 heteroatoms. The Morgan fingerprint density at radius 1 is 1.08 bits per heavy atom. The van der Waals surface area contributed by atoms with E-state index >= 15 is 0 Å². The van der Waals surface area contributed by atoms with Gasteiger partial charge in [-0.2, -0.15) is 5.10 Å². The Labute approximate surface area is 232 Å². The molecule has 1 saturated carbocycles. The SMILES string of the molecule is CC(C)(C)[C@H](N=C1NC(=S)N(c2cccc(Cl)c2)C12CCCC2)[C@@H](Oc1ccc(Cl)cc1)n1cncn1. The van der Waals surface area contributed by atoms with Crippen LogP contribution in [0.15, 0.2) is 66.2 Å². The average molecular weight is 558 g/mol. The average Bonchev–Trinajstić information content (AvgIpc) is 3.59. The van der Waals surface area contributed by atoms with Crippen LogP contribution in [-0.4, -0.2) is 37.3 Å². The lowest BCUT2D eigenvalue weighted by Gasteiger charge is -2.37. The second-order valence-corrected chi connectivity index (χ2v) is 11.9. The zero-order valence-electron chi connectivity index (χ0n) is 21.1. The topological polar surface area (TPSA) is 67.6 Å². The van der Waals surface area contributed by atoms with Crippen LogP contribution in [0.25, 0.3) is 0 Å². The predicted molar refractivity (Wildman–Crippen MR) is 153 cm³/mol. The summed E-state index contributed by atoms with van der Waals surface area (Å²) >= 11 is 18.4. The number of amidine groups is 1. The first-order chi connectivity index (χ1) is 17.7. The Kier molecular flexibility index (Phi) is 7.18. The van der Waals surface area contributed by atoms with Gasteiger partial charge in [0.05, 0.1) is 0 Å². The molecule has 194 valence electrons. The molecule has 37 heavy (non-hydrogen) atoms. The van der Waals surface area contributed by atoms with Crippen LogP contribution >= 0.6 is 35.4 Å². The largest absolute Gasteiger partial charge is 0.466 e. The van der Waals surface area contributed by atoms with Crippen molar-refractivity contribution in [3.63, 3.8) is 0 Å². The van der Waals surface area contributed by atoms with E-state index in [1.807, 2.05) is 36.4 Å². The summed E-state index contributed by atoms with van der Waals surface area (Å²) in [6, 6.07) is 14.8. The quantitative estimate of drug-likeness (QED) is 0.341. The van der Waals surface area contributed by atoms with Crippen molar-refractivity contribution in [1.82, 2.24) is 20.1 Å². The molecule has 1 saturated heterocycles. The van der Waals surface area contributed by atoms with Crippen molar-refractivity contribution < 1.29 is 4.74 Å². The zero-order chi connectivity index (χ0) is 26.2. The fourth-order valence-electron chi connectivity index (χ4n) is 5.21. The van der Waals surface area contributed by atoms with Gasteiger partial charge in [-0.05, 0) is 72.9 Å². The number of rotatable bonds is 6. The van der Waals surface area contributed by atoms with Crippen LogP contribution in [0, 0.1) is 5.41 Å². The Hall–Kier alpha value is -2.68. The summed E-state index contributed by atoms with van der Waals surface area (Å²) < 4.78 is 8.24. The summed E-state index contributed by atoms with van der Waals surface area (Å²) in [4.78, 5) is 11.8. The molecular weight excluding hydrogens is 527 g/mol. The smallest absolute Gasteiger partial charge is 0.215 e. The Morgan fingerprint density at radius 3 is 2.43 bits per heavy atom. The highest BCUT2D eigenvalue weighted by Gasteiger charge is 2.52. The number of ether oxygens (including phenoxy) is 1. The number of benzene rings is 2. The maximum Gasteiger partial charge on any atom is 0.215 e. The third kappa shape index (κ3) is 5.19. The normalized spacial score (nSPS) is 19.9. The number of hydrogen-bond acceptors (Lipinski definition) is 5. The van der Waals surface area contributed by atoms with E-state index in [4.69, 9.17) is 45.1 Å². The minimum Gasteiger partial charge on any atom is -0.466 e. The summed E-state index contributed by atoms with van der Waals surface area (Å²) in [5, 5.41) is 9.85.